The van der Waals surface area contributed by atoms with Crippen molar-refractivity contribution in [3.05, 3.63) is 35.1 Å². The number of benzene rings is 1. The van der Waals surface area contributed by atoms with Crippen LogP contribution in [0, 0.1) is 24.6 Å². The Balaban J connectivity index is 2.08. The third-order valence-electron chi connectivity index (χ3n) is 4.46. The molecule has 0 heterocycles. The van der Waals surface area contributed by atoms with Crippen molar-refractivity contribution in [2.45, 2.75) is 46.1 Å². The molecule has 1 aromatic carbocycles. The van der Waals surface area contributed by atoms with Gasteiger partial charge in [-0.2, -0.15) is 0 Å². The zero-order chi connectivity index (χ0) is 14.0. The highest BCUT2D eigenvalue weighted by molar-refractivity contribution is 5.95. The van der Waals surface area contributed by atoms with Crippen LogP contribution in [0.5, 0.6) is 0 Å². The maximum Gasteiger partial charge on any atom is 0.251 e. The van der Waals surface area contributed by atoms with E-state index in [1.165, 1.54) is 25.0 Å². The van der Waals surface area contributed by atoms with Gasteiger partial charge in [0.1, 0.15) is 5.82 Å². The van der Waals surface area contributed by atoms with E-state index >= 15 is 0 Å². The fourth-order valence-electron chi connectivity index (χ4n) is 2.91. The number of aryl methyl sites for hydroxylation is 1. The monoisotopic (exact) mass is 263 g/mol. The van der Waals surface area contributed by atoms with Gasteiger partial charge >= 0.3 is 0 Å². The molecule has 0 aromatic heterocycles. The molecule has 1 saturated carbocycles. The van der Waals surface area contributed by atoms with Crippen LogP contribution in [0.25, 0.3) is 0 Å². The predicted molar refractivity (Wildman–Crippen MR) is 74.6 cm³/mol. The molecule has 19 heavy (non-hydrogen) atoms. The molecular formula is C16H22FNO. The van der Waals surface area contributed by atoms with Crippen molar-refractivity contribution in [1.29, 1.82) is 0 Å². The fourth-order valence-corrected chi connectivity index (χ4v) is 2.91. The number of hydrogen-bond donors (Lipinski definition) is 1. The summed E-state index contributed by atoms with van der Waals surface area (Å²) < 4.78 is 13.1. The van der Waals surface area contributed by atoms with Crippen LogP contribution >= 0.6 is 0 Å². The molecule has 104 valence electrons. The topological polar surface area (TPSA) is 29.1 Å². The van der Waals surface area contributed by atoms with Gasteiger partial charge in [0.2, 0.25) is 0 Å². The van der Waals surface area contributed by atoms with E-state index in [2.05, 4.69) is 19.2 Å². The van der Waals surface area contributed by atoms with Gasteiger partial charge in [-0.15, -0.1) is 0 Å². The molecule has 1 aromatic rings. The van der Waals surface area contributed by atoms with Gasteiger partial charge in [0.05, 0.1) is 0 Å². The Labute approximate surface area is 114 Å². The van der Waals surface area contributed by atoms with Crippen LogP contribution < -0.4 is 5.32 Å². The van der Waals surface area contributed by atoms with Gasteiger partial charge in [0.25, 0.3) is 5.91 Å². The molecule has 1 amide bonds. The molecular weight excluding hydrogens is 241 g/mol. The summed E-state index contributed by atoms with van der Waals surface area (Å²) in [5.74, 6) is 0.768. The number of amides is 1. The fraction of sp³-hybridized carbons (Fsp3) is 0.562. The molecule has 0 bridgehead atoms. The number of nitrogens with one attached hydrogen (secondary N) is 1. The molecule has 1 fully saturated rings. The summed E-state index contributed by atoms with van der Waals surface area (Å²) >= 11 is 0. The van der Waals surface area contributed by atoms with Crippen molar-refractivity contribution in [2.24, 2.45) is 11.8 Å². The van der Waals surface area contributed by atoms with Crippen molar-refractivity contribution in [3.63, 3.8) is 0 Å². The van der Waals surface area contributed by atoms with E-state index in [-0.39, 0.29) is 17.8 Å². The minimum absolute atomic E-state index is 0.0801. The quantitative estimate of drug-likeness (QED) is 0.866. The Bertz CT molecular complexity index is 472. The van der Waals surface area contributed by atoms with Gasteiger partial charge in [-0.05, 0) is 48.9 Å². The normalized spacial score (nSPS) is 27.1. The highest BCUT2D eigenvalue weighted by Crippen LogP contribution is 2.29. The summed E-state index contributed by atoms with van der Waals surface area (Å²) in [6.45, 7) is 6.21. The molecule has 3 heteroatoms. The van der Waals surface area contributed by atoms with Crippen molar-refractivity contribution in [1.82, 2.24) is 5.32 Å². The molecule has 0 aliphatic heterocycles. The van der Waals surface area contributed by atoms with E-state index in [9.17, 15) is 9.18 Å². The highest BCUT2D eigenvalue weighted by atomic mass is 19.1. The second kappa shape index (κ2) is 5.72. The molecule has 3 atom stereocenters. The number of halogens is 1. The Hall–Kier alpha value is -1.38. The van der Waals surface area contributed by atoms with Crippen LogP contribution in [0.4, 0.5) is 4.39 Å². The van der Waals surface area contributed by atoms with Gasteiger partial charge in [0, 0.05) is 11.6 Å². The minimum atomic E-state index is -0.297. The van der Waals surface area contributed by atoms with Crippen molar-refractivity contribution < 1.29 is 9.18 Å². The first-order chi connectivity index (χ1) is 8.99. The third-order valence-corrected chi connectivity index (χ3v) is 4.46. The Morgan fingerprint density at radius 1 is 1.32 bits per heavy atom. The standard InChI is InChI=1S/C16H22FNO/c1-10-5-4-6-15(12(10)3)18-16(19)14-8-7-13(17)9-11(14)2/h7-10,12,15H,4-6H2,1-3H3,(H,18,19). The van der Waals surface area contributed by atoms with Gasteiger partial charge in [-0.3, -0.25) is 4.79 Å². The number of carbonyl (C=O) groups is 1. The van der Waals surface area contributed by atoms with Crippen molar-refractivity contribution in [3.8, 4) is 0 Å². The first-order valence-corrected chi connectivity index (χ1v) is 7.06. The summed E-state index contributed by atoms with van der Waals surface area (Å²) in [6.07, 6.45) is 3.44. The SMILES string of the molecule is Cc1cc(F)ccc1C(=O)NC1CCCC(C)C1C. The van der Waals surface area contributed by atoms with E-state index in [1.54, 1.807) is 13.0 Å². The van der Waals surface area contributed by atoms with Crippen LogP contribution in [0.3, 0.4) is 0 Å². The number of carbonyl (C=O) groups excluding carboxylic acids is 1. The first-order valence-electron chi connectivity index (χ1n) is 7.06. The second-order valence-electron chi connectivity index (χ2n) is 5.81. The average molecular weight is 263 g/mol. The van der Waals surface area contributed by atoms with Crippen LogP contribution in [0.15, 0.2) is 18.2 Å². The average Bonchev–Trinajstić information content (AvgIpc) is 2.34. The lowest BCUT2D eigenvalue weighted by Gasteiger charge is -2.34. The largest absolute Gasteiger partial charge is 0.349 e. The summed E-state index contributed by atoms with van der Waals surface area (Å²) in [5, 5.41) is 3.11. The molecule has 3 unspecified atom stereocenters. The van der Waals surface area contributed by atoms with E-state index in [1.807, 2.05) is 0 Å². The van der Waals surface area contributed by atoms with E-state index in [0.29, 0.717) is 23.0 Å². The lowest BCUT2D eigenvalue weighted by Crippen LogP contribution is -2.43. The summed E-state index contributed by atoms with van der Waals surface area (Å²) in [5.41, 5.74) is 1.26. The van der Waals surface area contributed by atoms with Crippen molar-refractivity contribution >= 4 is 5.91 Å². The minimum Gasteiger partial charge on any atom is -0.349 e. The second-order valence-corrected chi connectivity index (χ2v) is 5.81. The van der Waals surface area contributed by atoms with Crippen molar-refractivity contribution in [2.75, 3.05) is 0 Å². The maximum atomic E-state index is 13.1. The predicted octanol–water partition coefficient (Wildman–Crippen LogP) is 3.69. The van der Waals surface area contributed by atoms with Gasteiger partial charge < -0.3 is 5.32 Å². The molecule has 0 saturated heterocycles. The van der Waals surface area contributed by atoms with E-state index in [4.69, 9.17) is 0 Å². The number of hydrogen-bond acceptors (Lipinski definition) is 1. The van der Waals surface area contributed by atoms with E-state index in [0.717, 1.165) is 6.42 Å². The summed E-state index contributed by atoms with van der Waals surface area (Å²) in [4.78, 5) is 12.3. The van der Waals surface area contributed by atoms with Crippen LogP contribution in [0.1, 0.15) is 49.0 Å². The van der Waals surface area contributed by atoms with E-state index < -0.39 is 0 Å². The van der Waals surface area contributed by atoms with Gasteiger partial charge in [0.15, 0.2) is 0 Å². The summed E-state index contributed by atoms with van der Waals surface area (Å²) in [6, 6.07) is 4.55. The van der Waals surface area contributed by atoms with Gasteiger partial charge in [-0.25, -0.2) is 4.39 Å². The zero-order valence-electron chi connectivity index (χ0n) is 11.9. The molecule has 1 N–H and O–H groups in total. The third kappa shape index (κ3) is 3.14. The Morgan fingerprint density at radius 3 is 2.74 bits per heavy atom. The molecule has 2 nitrogen and oxygen atoms in total. The number of rotatable bonds is 2. The Morgan fingerprint density at radius 2 is 2.05 bits per heavy atom. The van der Waals surface area contributed by atoms with Crippen LogP contribution in [-0.4, -0.2) is 11.9 Å². The lowest BCUT2D eigenvalue weighted by molar-refractivity contribution is 0.0890. The molecule has 2 rings (SSSR count). The lowest BCUT2D eigenvalue weighted by atomic mass is 9.78. The maximum absolute atomic E-state index is 13.1. The Kier molecular flexibility index (Phi) is 4.23. The smallest absolute Gasteiger partial charge is 0.251 e. The van der Waals surface area contributed by atoms with Crippen LogP contribution in [-0.2, 0) is 0 Å². The molecule has 1 aliphatic rings. The zero-order valence-corrected chi connectivity index (χ0v) is 11.9. The van der Waals surface area contributed by atoms with Gasteiger partial charge in [-0.1, -0.05) is 26.7 Å². The summed E-state index contributed by atoms with van der Waals surface area (Å²) in [7, 11) is 0. The molecule has 0 spiro atoms. The van der Waals surface area contributed by atoms with Crippen LogP contribution in [0.2, 0.25) is 0 Å². The molecule has 0 radical (unpaired) electrons. The first kappa shape index (κ1) is 14.0. The highest BCUT2D eigenvalue weighted by Gasteiger charge is 2.28. The molecule has 1 aliphatic carbocycles.